The minimum Gasteiger partial charge on any atom is -0.473 e. The van der Waals surface area contributed by atoms with Crippen molar-refractivity contribution in [2.75, 3.05) is 98.1 Å². The Morgan fingerprint density at radius 3 is 0.622 bits per heavy atom. The highest BCUT2D eigenvalue weighted by molar-refractivity contribution is 6.28. The first-order valence-electron chi connectivity index (χ1n) is 26.6. The third kappa shape index (κ3) is 13.9. The molecule has 12 rings (SSSR count). The van der Waals surface area contributed by atoms with E-state index in [4.69, 9.17) is 59.4 Å². The van der Waals surface area contributed by atoms with Gasteiger partial charge in [-0.15, -0.1) is 0 Å². The average molecular weight is 1140 g/mol. The van der Waals surface area contributed by atoms with Gasteiger partial charge < -0.3 is 71.5 Å². The van der Waals surface area contributed by atoms with Crippen molar-refractivity contribution in [1.82, 2.24) is 21.3 Å². The van der Waals surface area contributed by atoms with E-state index in [1.54, 1.807) is 27.7 Å². The third-order valence-electron chi connectivity index (χ3n) is 16.0. The molecular formula is C58H70N8O16. The second-order valence-corrected chi connectivity index (χ2v) is 21.1. The molecule has 0 aliphatic carbocycles. The van der Waals surface area contributed by atoms with Gasteiger partial charge in [-0.25, -0.2) is 28.8 Å². The Morgan fingerprint density at radius 2 is 0.488 bits per heavy atom. The summed E-state index contributed by atoms with van der Waals surface area (Å²) in [5.74, 6) is -10.3. The van der Waals surface area contributed by atoms with E-state index in [9.17, 15) is 19.2 Å². The number of carboxylic acid groups (broad SMARTS) is 6. The number of para-hydroxylation sites is 4. The summed E-state index contributed by atoms with van der Waals surface area (Å²) in [6.45, 7) is 18.2. The van der Waals surface area contributed by atoms with Gasteiger partial charge in [0.1, 0.15) is 0 Å². The Labute approximate surface area is 473 Å². The molecule has 0 saturated carbocycles. The minimum atomic E-state index is -1.82. The predicted octanol–water partition coefficient (Wildman–Crippen LogP) is 2.60. The standard InChI is InChI=1S/4C13H16N2O.3C2H2O4/c4*1-10(16)15-9-13(6-7-14-8-13)11-4-2-3-5-12(11)15;3*3-1(4)2(5)6/h4*2-5,14H,6-9H2,1H3;3*(H,3,4)(H,5,6). The van der Waals surface area contributed by atoms with Gasteiger partial charge in [0.25, 0.3) is 0 Å². The molecule has 4 fully saturated rings. The fraction of sp³-hybridized carbons (Fsp3) is 0.414. The lowest BCUT2D eigenvalue weighted by molar-refractivity contribution is -0.159. The molecule has 0 aromatic heterocycles. The number of carboxylic acids is 6. The molecule has 4 amide bonds. The van der Waals surface area contributed by atoms with Crippen LogP contribution in [0.25, 0.3) is 0 Å². The summed E-state index contributed by atoms with van der Waals surface area (Å²) in [6, 6.07) is 33.3. The number of amides is 4. The van der Waals surface area contributed by atoms with E-state index >= 15 is 0 Å². The fourth-order valence-electron chi connectivity index (χ4n) is 12.1. The number of benzene rings is 4. The van der Waals surface area contributed by atoms with Crippen molar-refractivity contribution in [3.63, 3.8) is 0 Å². The smallest absolute Gasteiger partial charge is 0.414 e. The number of carbonyl (C=O) groups is 10. The van der Waals surface area contributed by atoms with Gasteiger partial charge in [0.15, 0.2) is 0 Å². The molecular weight excluding hydrogens is 1060 g/mol. The number of hydrogen-bond acceptors (Lipinski definition) is 14. The highest BCUT2D eigenvalue weighted by atomic mass is 16.5. The van der Waals surface area contributed by atoms with Crippen LogP contribution in [-0.4, -0.2) is 169 Å². The second kappa shape index (κ2) is 26.8. The number of nitrogens with one attached hydrogen (secondary N) is 4. The molecule has 4 unspecified atom stereocenters. The molecule has 8 heterocycles. The Kier molecular flexibility index (Phi) is 20.5. The van der Waals surface area contributed by atoms with Crippen LogP contribution in [0, 0.1) is 0 Å². The highest BCUT2D eigenvalue weighted by Crippen LogP contribution is 2.47. The van der Waals surface area contributed by atoms with Crippen LogP contribution in [0.4, 0.5) is 22.7 Å². The van der Waals surface area contributed by atoms with Crippen molar-refractivity contribution in [3.05, 3.63) is 119 Å². The molecule has 4 atom stereocenters. The molecule has 8 aliphatic heterocycles. The molecule has 10 N–H and O–H groups in total. The van der Waals surface area contributed by atoms with Crippen molar-refractivity contribution < 1.29 is 78.6 Å². The zero-order valence-corrected chi connectivity index (χ0v) is 46.1. The number of fused-ring (bicyclic) bond motifs is 8. The lowest BCUT2D eigenvalue weighted by Gasteiger charge is -2.23. The summed E-state index contributed by atoms with van der Waals surface area (Å²) < 4.78 is 0. The Balaban J connectivity index is 0.000000160. The van der Waals surface area contributed by atoms with Gasteiger partial charge >= 0.3 is 35.8 Å². The number of nitrogens with zero attached hydrogens (tertiary/aromatic N) is 4. The molecule has 4 spiro atoms. The van der Waals surface area contributed by atoms with Crippen molar-refractivity contribution in [2.24, 2.45) is 0 Å². The summed E-state index contributed by atoms with van der Waals surface area (Å²) in [7, 11) is 0. The fourth-order valence-corrected chi connectivity index (χ4v) is 12.1. The molecule has 4 aromatic carbocycles. The molecule has 24 heteroatoms. The maximum atomic E-state index is 11.7. The molecule has 8 aliphatic rings. The van der Waals surface area contributed by atoms with Gasteiger partial charge in [-0.2, -0.15) is 0 Å². The molecule has 0 bridgehead atoms. The average Bonchev–Trinajstić information content (AvgIpc) is 3.18. The van der Waals surface area contributed by atoms with Gasteiger partial charge in [-0.3, -0.25) is 19.2 Å². The number of carbonyl (C=O) groups excluding carboxylic acids is 4. The van der Waals surface area contributed by atoms with Crippen LogP contribution in [0.2, 0.25) is 0 Å². The van der Waals surface area contributed by atoms with Gasteiger partial charge in [0, 0.05) is 124 Å². The number of hydrogen-bond donors (Lipinski definition) is 10. The quantitative estimate of drug-likeness (QED) is 0.113. The van der Waals surface area contributed by atoms with Crippen molar-refractivity contribution in [2.45, 2.75) is 75.0 Å². The SMILES string of the molecule is CC(=O)N1CC2(CCNC2)c2ccccc21.CC(=O)N1CC2(CCNC2)c2ccccc21.CC(=O)N1CC2(CCNC2)c2ccccc21.CC(=O)N1CC2(CCNC2)c2ccccc21.O=C(O)C(=O)O.O=C(O)C(=O)O.O=C(O)C(=O)O. The van der Waals surface area contributed by atoms with Gasteiger partial charge in [-0.1, -0.05) is 72.8 Å². The lowest BCUT2D eigenvalue weighted by Crippen LogP contribution is -2.37. The van der Waals surface area contributed by atoms with Crippen LogP contribution in [0.1, 0.15) is 75.6 Å². The lowest BCUT2D eigenvalue weighted by atomic mass is 9.82. The normalized spacial score (nSPS) is 23.0. The Morgan fingerprint density at radius 1 is 0.317 bits per heavy atom. The first kappa shape index (κ1) is 62.6. The van der Waals surface area contributed by atoms with E-state index in [1.807, 2.05) is 43.9 Å². The maximum Gasteiger partial charge on any atom is 0.414 e. The first-order valence-corrected chi connectivity index (χ1v) is 26.6. The minimum absolute atomic E-state index is 0.149. The number of rotatable bonds is 0. The van der Waals surface area contributed by atoms with Gasteiger partial charge in [-0.05, 0) is 98.4 Å². The zero-order valence-electron chi connectivity index (χ0n) is 46.1. The van der Waals surface area contributed by atoms with Crippen LogP contribution >= 0.6 is 0 Å². The van der Waals surface area contributed by atoms with E-state index in [-0.39, 0.29) is 45.3 Å². The summed E-state index contributed by atoms with van der Waals surface area (Å²) in [6.07, 6.45) is 4.53. The molecule has 82 heavy (non-hydrogen) atoms. The maximum absolute atomic E-state index is 11.7. The van der Waals surface area contributed by atoms with E-state index < -0.39 is 35.8 Å². The first-order chi connectivity index (χ1) is 38.8. The molecule has 438 valence electrons. The molecule has 24 nitrogen and oxygen atoms in total. The second-order valence-electron chi connectivity index (χ2n) is 21.1. The van der Waals surface area contributed by atoms with E-state index in [0.717, 1.165) is 127 Å². The number of aliphatic carboxylic acids is 6. The monoisotopic (exact) mass is 1130 g/mol. The van der Waals surface area contributed by atoms with Crippen molar-refractivity contribution in [1.29, 1.82) is 0 Å². The van der Waals surface area contributed by atoms with E-state index in [1.165, 1.54) is 22.3 Å². The number of anilines is 4. The highest BCUT2D eigenvalue weighted by Gasteiger charge is 2.49. The van der Waals surface area contributed by atoms with Crippen LogP contribution < -0.4 is 40.9 Å². The molecule has 4 aromatic rings. The van der Waals surface area contributed by atoms with Crippen LogP contribution in [0.15, 0.2) is 97.1 Å². The van der Waals surface area contributed by atoms with Crippen molar-refractivity contribution >= 4 is 82.2 Å². The summed E-state index contributed by atoms with van der Waals surface area (Å²) >= 11 is 0. The molecule has 4 saturated heterocycles. The Hall–Kier alpha value is -8.58. The predicted molar refractivity (Wildman–Crippen MR) is 300 cm³/mol. The van der Waals surface area contributed by atoms with Crippen LogP contribution in [0.5, 0.6) is 0 Å². The van der Waals surface area contributed by atoms with Gasteiger partial charge in [0.2, 0.25) is 23.6 Å². The van der Waals surface area contributed by atoms with E-state index in [2.05, 4.69) is 94.1 Å². The summed E-state index contributed by atoms with van der Waals surface area (Å²) in [4.78, 5) is 109. The van der Waals surface area contributed by atoms with Crippen LogP contribution in [-0.2, 0) is 69.6 Å². The third-order valence-corrected chi connectivity index (χ3v) is 16.0. The van der Waals surface area contributed by atoms with Crippen LogP contribution in [0.3, 0.4) is 0 Å². The Bertz CT molecular complexity index is 2640. The van der Waals surface area contributed by atoms with Crippen molar-refractivity contribution in [3.8, 4) is 0 Å². The molecule has 0 radical (unpaired) electrons. The summed E-state index contributed by atoms with van der Waals surface area (Å²) in [5.41, 5.74) is 10.5. The zero-order chi connectivity index (χ0) is 60.2. The van der Waals surface area contributed by atoms with E-state index in [0.29, 0.717) is 0 Å². The largest absolute Gasteiger partial charge is 0.473 e. The summed E-state index contributed by atoms with van der Waals surface area (Å²) in [5, 5.41) is 58.0. The topological polar surface area (TPSA) is 353 Å². The van der Waals surface area contributed by atoms with Gasteiger partial charge in [0.05, 0.1) is 0 Å².